The van der Waals surface area contributed by atoms with E-state index in [2.05, 4.69) is 17.4 Å². The number of benzene rings is 3. The highest BCUT2D eigenvalue weighted by atomic mass is 16.5. The Morgan fingerprint density at radius 2 is 1.50 bits per heavy atom. The van der Waals surface area contributed by atoms with Gasteiger partial charge in [0.15, 0.2) is 0 Å². The molecular formula is C20H17N3O. The number of anilines is 3. The van der Waals surface area contributed by atoms with Crippen molar-refractivity contribution in [2.75, 3.05) is 18.2 Å². The smallest absolute Gasteiger partial charge is 0.144 e. The number of nitrogens with zero attached hydrogens (tertiary/aromatic N) is 1. The number of pyridine rings is 1. The first kappa shape index (κ1) is 14.3. The number of methoxy groups -OCH3 is 1. The molecule has 0 spiro atoms. The predicted octanol–water partition coefficient (Wildman–Crippen LogP) is 4.72. The van der Waals surface area contributed by atoms with Gasteiger partial charge >= 0.3 is 0 Å². The van der Waals surface area contributed by atoms with Gasteiger partial charge in [0.2, 0.25) is 0 Å². The van der Waals surface area contributed by atoms with Crippen LogP contribution in [-0.4, -0.2) is 12.1 Å². The van der Waals surface area contributed by atoms with Crippen LogP contribution in [0.3, 0.4) is 0 Å². The van der Waals surface area contributed by atoms with Crippen molar-refractivity contribution in [1.82, 2.24) is 4.98 Å². The van der Waals surface area contributed by atoms with E-state index >= 15 is 0 Å². The topological polar surface area (TPSA) is 60.2 Å². The van der Waals surface area contributed by atoms with E-state index in [-0.39, 0.29) is 0 Å². The second-order valence-corrected chi connectivity index (χ2v) is 5.61. The van der Waals surface area contributed by atoms with Gasteiger partial charge < -0.3 is 15.8 Å². The number of ether oxygens (including phenoxy) is 1. The summed E-state index contributed by atoms with van der Waals surface area (Å²) in [6, 6.07) is 21.8. The van der Waals surface area contributed by atoms with Crippen LogP contribution in [0.5, 0.6) is 5.75 Å². The fourth-order valence-electron chi connectivity index (χ4n) is 2.92. The van der Waals surface area contributed by atoms with Crippen LogP contribution in [0.15, 0.2) is 66.7 Å². The van der Waals surface area contributed by atoms with Crippen molar-refractivity contribution < 1.29 is 4.74 Å². The predicted molar refractivity (Wildman–Crippen MR) is 99.9 cm³/mol. The number of aromatic nitrogens is 1. The molecule has 0 aliphatic heterocycles. The number of hydrogen-bond acceptors (Lipinski definition) is 4. The monoisotopic (exact) mass is 315 g/mol. The molecule has 3 N–H and O–H groups in total. The zero-order valence-electron chi connectivity index (χ0n) is 13.3. The van der Waals surface area contributed by atoms with Crippen molar-refractivity contribution in [3.8, 4) is 5.75 Å². The Labute approximate surface area is 139 Å². The Morgan fingerprint density at radius 1 is 0.875 bits per heavy atom. The maximum absolute atomic E-state index is 5.86. The Balaban J connectivity index is 1.97. The van der Waals surface area contributed by atoms with E-state index in [1.165, 1.54) is 0 Å². The molecule has 0 aliphatic carbocycles. The summed E-state index contributed by atoms with van der Waals surface area (Å²) >= 11 is 0. The molecule has 0 atom stereocenters. The molecule has 4 nitrogen and oxygen atoms in total. The number of nitrogens with two attached hydrogens (primary N) is 1. The Bertz CT molecular complexity index is 989. The molecule has 1 heterocycles. The molecule has 0 saturated carbocycles. The lowest BCUT2D eigenvalue weighted by Crippen LogP contribution is -1.98. The summed E-state index contributed by atoms with van der Waals surface area (Å²) < 4.78 is 5.46. The minimum absolute atomic E-state index is 0.668. The first-order chi connectivity index (χ1) is 11.8. The summed E-state index contributed by atoms with van der Waals surface area (Å²) in [6.07, 6.45) is 0. The first-order valence-corrected chi connectivity index (χ1v) is 7.74. The van der Waals surface area contributed by atoms with Crippen LogP contribution < -0.4 is 15.8 Å². The number of nitrogens with one attached hydrogen (secondary N) is 1. The van der Waals surface area contributed by atoms with Gasteiger partial charge in [0.25, 0.3) is 0 Å². The molecule has 3 aromatic carbocycles. The molecule has 0 radical (unpaired) electrons. The molecule has 4 heteroatoms. The number of fused-ring (bicyclic) bond motifs is 2. The van der Waals surface area contributed by atoms with Crippen LogP contribution in [0, 0.1) is 0 Å². The summed E-state index contributed by atoms with van der Waals surface area (Å²) in [6.45, 7) is 0. The molecule has 24 heavy (non-hydrogen) atoms. The van der Waals surface area contributed by atoms with Crippen molar-refractivity contribution in [2.24, 2.45) is 0 Å². The van der Waals surface area contributed by atoms with Crippen molar-refractivity contribution in [3.63, 3.8) is 0 Å². The minimum atomic E-state index is 0.668. The van der Waals surface area contributed by atoms with Gasteiger partial charge in [0.05, 0.1) is 29.5 Å². The zero-order valence-corrected chi connectivity index (χ0v) is 13.3. The minimum Gasteiger partial charge on any atom is -0.494 e. The van der Waals surface area contributed by atoms with Gasteiger partial charge in [-0.05, 0) is 24.3 Å². The molecule has 4 aromatic rings. The van der Waals surface area contributed by atoms with Gasteiger partial charge in [-0.2, -0.15) is 0 Å². The molecule has 0 unspecified atom stereocenters. The zero-order chi connectivity index (χ0) is 16.5. The lowest BCUT2D eigenvalue weighted by molar-refractivity contribution is 0.417. The van der Waals surface area contributed by atoms with E-state index in [1.807, 2.05) is 54.6 Å². The molecule has 0 amide bonds. The largest absolute Gasteiger partial charge is 0.494 e. The van der Waals surface area contributed by atoms with Crippen molar-refractivity contribution in [3.05, 3.63) is 66.7 Å². The van der Waals surface area contributed by atoms with Crippen LogP contribution in [0.25, 0.3) is 21.8 Å². The molecule has 1 aromatic heterocycles. The second-order valence-electron chi connectivity index (χ2n) is 5.61. The summed E-state index contributed by atoms with van der Waals surface area (Å²) in [7, 11) is 1.64. The molecule has 4 rings (SSSR count). The molecule has 118 valence electrons. The maximum atomic E-state index is 5.86. The molecule has 0 saturated heterocycles. The van der Waals surface area contributed by atoms with Crippen LogP contribution in [0.2, 0.25) is 0 Å². The highest BCUT2D eigenvalue weighted by Crippen LogP contribution is 2.36. The molecule has 0 aliphatic rings. The van der Waals surface area contributed by atoms with E-state index in [1.54, 1.807) is 7.11 Å². The van der Waals surface area contributed by atoms with Crippen molar-refractivity contribution in [2.45, 2.75) is 0 Å². The molecule has 0 bridgehead atoms. The standard InChI is InChI=1S/C20H17N3O/c1-24-19-12-13(21)10-11-18(19)23-20-14-6-2-4-8-16(14)22-17-9-5-3-7-15(17)20/h2-12H,21H2,1H3,(H,22,23). The fourth-order valence-corrected chi connectivity index (χ4v) is 2.92. The van der Waals surface area contributed by atoms with Gasteiger partial charge in [0.1, 0.15) is 5.75 Å². The number of para-hydroxylation sites is 2. The van der Waals surface area contributed by atoms with Crippen LogP contribution in [0.4, 0.5) is 17.1 Å². The van der Waals surface area contributed by atoms with Gasteiger partial charge in [-0.1, -0.05) is 36.4 Å². The lowest BCUT2D eigenvalue weighted by atomic mass is 10.1. The average Bonchev–Trinajstić information content (AvgIpc) is 2.62. The molecular weight excluding hydrogens is 298 g/mol. The van der Waals surface area contributed by atoms with Gasteiger partial charge in [-0.3, -0.25) is 0 Å². The highest BCUT2D eigenvalue weighted by molar-refractivity contribution is 6.08. The second kappa shape index (κ2) is 5.74. The Morgan fingerprint density at radius 3 is 2.12 bits per heavy atom. The highest BCUT2D eigenvalue weighted by Gasteiger charge is 2.11. The Kier molecular flexibility index (Phi) is 3.43. The van der Waals surface area contributed by atoms with Crippen molar-refractivity contribution in [1.29, 1.82) is 0 Å². The first-order valence-electron chi connectivity index (χ1n) is 7.74. The Hall–Kier alpha value is -3.27. The quantitative estimate of drug-likeness (QED) is 0.424. The number of nitrogen functional groups attached to an aromatic ring is 1. The van der Waals surface area contributed by atoms with Crippen molar-refractivity contribution >= 4 is 38.9 Å². The third-order valence-electron chi connectivity index (χ3n) is 4.07. The van der Waals surface area contributed by atoms with Gasteiger partial charge in [0, 0.05) is 22.5 Å². The van der Waals surface area contributed by atoms with E-state index in [0.717, 1.165) is 33.2 Å². The summed E-state index contributed by atoms with van der Waals surface area (Å²) in [4.78, 5) is 4.75. The number of hydrogen-bond donors (Lipinski definition) is 2. The lowest BCUT2D eigenvalue weighted by Gasteiger charge is -2.16. The third-order valence-corrected chi connectivity index (χ3v) is 4.07. The summed E-state index contributed by atoms with van der Waals surface area (Å²) in [5.41, 5.74) is 10.3. The summed E-state index contributed by atoms with van der Waals surface area (Å²) in [5, 5.41) is 5.65. The van der Waals surface area contributed by atoms with Crippen LogP contribution >= 0.6 is 0 Å². The summed E-state index contributed by atoms with van der Waals surface area (Å²) in [5.74, 6) is 0.708. The fraction of sp³-hybridized carbons (Fsp3) is 0.0500. The van der Waals surface area contributed by atoms with E-state index in [4.69, 9.17) is 15.5 Å². The van der Waals surface area contributed by atoms with Crippen LogP contribution in [0.1, 0.15) is 0 Å². The third kappa shape index (κ3) is 2.38. The van der Waals surface area contributed by atoms with Crippen LogP contribution in [-0.2, 0) is 0 Å². The normalized spacial score (nSPS) is 10.9. The average molecular weight is 315 g/mol. The number of rotatable bonds is 3. The van der Waals surface area contributed by atoms with Gasteiger partial charge in [-0.25, -0.2) is 4.98 Å². The SMILES string of the molecule is COc1cc(N)ccc1Nc1c2ccccc2nc2ccccc12. The van der Waals surface area contributed by atoms with E-state index < -0.39 is 0 Å². The maximum Gasteiger partial charge on any atom is 0.144 e. The molecule has 0 fully saturated rings. The van der Waals surface area contributed by atoms with E-state index in [0.29, 0.717) is 11.4 Å². The van der Waals surface area contributed by atoms with E-state index in [9.17, 15) is 0 Å². The van der Waals surface area contributed by atoms with Gasteiger partial charge in [-0.15, -0.1) is 0 Å².